The van der Waals surface area contributed by atoms with E-state index in [4.69, 9.17) is 9.47 Å². The van der Waals surface area contributed by atoms with Crippen LogP contribution in [-0.4, -0.2) is 95.0 Å². The first kappa shape index (κ1) is 28.8. The van der Waals surface area contributed by atoms with E-state index >= 15 is 0 Å². The number of urea groups is 1. The fraction of sp³-hybridized carbons (Fsp3) is 0.583. The van der Waals surface area contributed by atoms with Crippen LogP contribution in [0.15, 0.2) is 35.5 Å². The van der Waals surface area contributed by atoms with Crippen LogP contribution in [0.3, 0.4) is 0 Å². The maximum atomic E-state index is 13.3. The highest BCUT2D eigenvalue weighted by atomic mass is 32.2. The number of piperidine rings is 1. The fourth-order valence-electron chi connectivity index (χ4n) is 4.59. The highest BCUT2D eigenvalue weighted by Gasteiger charge is 2.37. The van der Waals surface area contributed by atoms with Crippen LogP contribution in [0.25, 0.3) is 0 Å². The molecule has 13 heteroatoms. The summed E-state index contributed by atoms with van der Waals surface area (Å²) in [6.07, 6.45) is -3.25. The average molecular weight is 548 g/mol. The molecule has 2 fully saturated rings. The standard InChI is InChI=1S/C24H32F3N3O6S/c1-16-11-18(5-6-21(16)36-24(25,26)27)19-12-20(22(34-3)28-17(2)15-37(4,32)33)14-30(13-19)23(31)29-7-9-35-10-8-29/h5-6,11,19-20H,2,7-10,12-15H2,1,3-4H3. The Morgan fingerprint density at radius 2 is 1.89 bits per heavy atom. The Kier molecular flexibility index (Phi) is 9.11. The number of alkyl halides is 3. The summed E-state index contributed by atoms with van der Waals surface area (Å²) in [4.78, 5) is 21.0. The molecular formula is C24H32F3N3O6S. The molecule has 0 spiro atoms. The van der Waals surface area contributed by atoms with Crippen molar-refractivity contribution in [2.45, 2.75) is 25.6 Å². The molecule has 2 amide bonds. The molecule has 3 rings (SSSR count). The van der Waals surface area contributed by atoms with Crippen LogP contribution in [0.1, 0.15) is 23.5 Å². The van der Waals surface area contributed by atoms with E-state index in [0.717, 1.165) is 11.8 Å². The molecule has 2 aliphatic heterocycles. The van der Waals surface area contributed by atoms with Crippen molar-refractivity contribution in [1.82, 2.24) is 9.80 Å². The van der Waals surface area contributed by atoms with Gasteiger partial charge < -0.3 is 24.0 Å². The number of hydrogen-bond acceptors (Lipinski definition) is 7. The zero-order valence-corrected chi connectivity index (χ0v) is 21.9. The third-order valence-electron chi connectivity index (χ3n) is 6.15. The van der Waals surface area contributed by atoms with Crippen molar-refractivity contribution < 1.29 is 40.6 Å². The van der Waals surface area contributed by atoms with Gasteiger partial charge in [-0.3, -0.25) is 0 Å². The van der Waals surface area contributed by atoms with Gasteiger partial charge in [0.2, 0.25) is 0 Å². The number of amides is 2. The molecule has 9 nitrogen and oxygen atoms in total. The van der Waals surface area contributed by atoms with Gasteiger partial charge in [-0.25, -0.2) is 18.2 Å². The Labute approximate surface area is 214 Å². The molecule has 0 saturated carbocycles. The van der Waals surface area contributed by atoms with Crippen molar-refractivity contribution >= 4 is 21.8 Å². The highest BCUT2D eigenvalue weighted by Crippen LogP contribution is 2.35. The molecule has 0 aromatic heterocycles. The van der Waals surface area contributed by atoms with Crippen LogP contribution < -0.4 is 4.74 Å². The topological polar surface area (TPSA) is 97.7 Å². The molecule has 2 heterocycles. The van der Waals surface area contributed by atoms with Gasteiger partial charge in [-0.05, 0) is 30.5 Å². The summed E-state index contributed by atoms with van der Waals surface area (Å²) in [5.74, 6) is -1.03. The number of methoxy groups -OCH3 is 1. The van der Waals surface area contributed by atoms with E-state index in [1.54, 1.807) is 21.9 Å². The van der Waals surface area contributed by atoms with Gasteiger partial charge in [-0.2, -0.15) is 0 Å². The van der Waals surface area contributed by atoms with Gasteiger partial charge in [0.15, 0.2) is 15.7 Å². The van der Waals surface area contributed by atoms with Crippen LogP contribution >= 0.6 is 0 Å². The molecule has 0 aliphatic carbocycles. The summed E-state index contributed by atoms with van der Waals surface area (Å²) < 4.78 is 76.5. The minimum absolute atomic E-state index is 0.108. The van der Waals surface area contributed by atoms with Gasteiger partial charge in [0.05, 0.1) is 37.7 Å². The van der Waals surface area contributed by atoms with Crippen LogP contribution in [0.2, 0.25) is 0 Å². The summed E-state index contributed by atoms with van der Waals surface area (Å²) in [6, 6.07) is 4.27. The van der Waals surface area contributed by atoms with Gasteiger partial charge in [0.25, 0.3) is 0 Å². The highest BCUT2D eigenvalue weighted by molar-refractivity contribution is 7.90. The molecule has 2 aliphatic rings. The summed E-state index contributed by atoms with van der Waals surface area (Å²) >= 11 is 0. The molecule has 2 unspecified atom stereocenters. The second kappa shape index (κ2) is 11.7. The number of hydrogen-bond donors (Lipinski definition) is 0. The number of ether oxygens (including phenoxy) is 3. The van der Waals surface area contributed by atoms with Gasteiger partial charge in [0.1, 0.15) is 5.75 Å². The second-order valence-electron chi connectivity index (χ2n) is 9.28. The maximum absolute atomic E-state index is 13.3. The lowest BCUT2D eigenvalue weighted by atomic mass is 9.83. The van der Waals surface area contributed by atoms with E-state index in [2.05, 4.69) is 16.3 Å². The predicted molar refractivity (Wildman–Crippen MR) is 131 cm³/mol. The number of morpholine rings is 1. The van der Waals surface area contributed by atoms with Crippen LogP contribution in [0, 0.1) is 12.8 Å². The van der Waals surface area contributed by atoms with Gasteiger partial charge in [-0.1, -0.05) is 18.7 Å². The van der Waals surface area contributed by atoms with Crippen molar-refractivity contribution in [3.05, 3.63) is 41.6 Å². The third kappa shape index (κ3) is 8.35. The van der Waals surface area contributed by atoms with E-state index < -0.39 is 22.1 Å². The van der Waals surface area contributed by atoms with Crippen molar-refractivity contribution in [2.24, 2.45) is 10.9 Å². The molecule has 0 radical (unpaired) electrons. The van der Waals surface area contributed by atoms with Crippen LogP contribution in [0.5, 0.6) is 5.75 Å². The number of aliphatic imine (C=N–C) groups is 1. The number of likely N-dealkylation sites (tertiary alicyclic amines) is 1. The minimum Gasteiger partial charge on any atom is -0.484 e. The zero-order chi connectivity index (χ0) is 27.4. The molecule has 206 valence electrons. The SMILES string of the molecule is C=C(CS(C)(=O)=O)N=C(OC)C1CC(c2ccc(OC(F)(F)F)c(C)c2)CN(C(=O)N2CCOCC2)C1. The lowest BCUT2D eigenvalue weighted by molar-refractivity contribution is -0.274. The molecule has 1 aromatic rings. The first-order valence-electron chi connectivity index (χ1n) is 11.7. The van der Waals surface area contributed by atoms with E-state index in [1.165, 1.54) is 20.1 Å². The molecule has 2 atom stereocenters. The number of nitrogens with zero attached hydrogens (tertiary/aromatic N) is 3. The summed E-state index contributed by atoms with van der Waals surface area (Å²) in [5.41, 5.74) is 1.16. The monoisotopic (exact) mass is 547 g/mol. The normalized spacial score (nSPS) is 21.5. The fourth-order valence-corrected chi connectivity index (χ4v) is 5.26. The first-order valence-corrected chi connectivity index (χ1v) is 13.8. The molecular weight excluding hydrogens is 515 g/mol. The Hall–Kier alpha value is -2.80. The quantitative estimate of drug-likeness (QED) is 0.400. The van der Waals surface area contributed by atoms with Gasteiger partial charge in [0, 0.05) is 38.4 Å². The van der Waals surface area contributed by atoms with E-state index in [9.17, 15) is 26.4 Å². The summed E-state index contributed by atoms with van der Waals surface area (Å²) in [6.45, 7) is 7.63. The minimum atomic E-state index is -4.80. The molecule has 1 aromatic carbocycles. The molecule has 0 bridgehead atoms. The number of carbonyl (C=O) groups is 1. The number of sulfone groups is 1. The molecule has 0 N–H and O–H groups in total. The van der Waals surface area contributed by atoms with E-state index in [-0.39, 0.29) is 41.6 Å². The lowest BCUT2D eigenvalue weighted by Gasteiger charge is -2.41. The Bertz CT molecular complexity index is 1130. The van der Waals surface area contributed by atoms with Crippen molar-refractivity contribution in [3.63, 3.8) is 0 Å². The van der Waals surface area contributed by atoms with Crippen molar-refractivity contribution in [1.29, 1.82) is 0 Å². The van der Waals surface area contributed by atoms with E-state index in [1.807, 2.05) is 0 Å². The molecule has 2 saturated heterocycles. The summed E-state index contributed by atoms with van der Waals surface area (Å²) in [5, 5.41) is 0. The van der Waals surface area contributed by atoms with Crippen LogP contribution in [-0.2, 0) is 19.3 Å². The van der Waals surface area contributed by atoms with Crippen LogP contribution in [0.4, 0.5) is 18.0 Å². The first-order chi connectivity index (χ1) is 17.3. The number of rotatable bonds is 6. The maximum Gasteiger partial charge on any atom is 0.573 e. The largest absolute Gasteiger partial charge is 0.573 e. The van der Waals surface area contributed by atoms with E-state index in [0.29, 0.717) is 44.8 Å². The number of halogens is 3. The lowest BCUT2D eigenvalue weighted by Crippen LogP contribution is -2.53. The molecule has 37 heavy (non-hydrogen) atoms. The third-order valence-corrected chi connectivity index (χ3v) is 7.01. The Balaban J connectivity index is 1.91. The van der Waals surface area contributed by atoms with Gasteiger partial charge >= 0.3 is 12.4 Å². The van der Waals surface area contributed by atoms with Crippen molar-refractivity contribution in [2.75, 3.05) is 58.5 Å². The number of benzene rings is 1. The summed E-state index contributed by atoms with van der Waals surface area (Å²) in [7, 11) is -1.95. The van der Waals surface area contributed by atoms with Crippen molar-refractivity contribution in [3.8, 4) is 5.75 Å². The van der Waals surface area contributed by atoms with Gasteiger partial charge in [-0.15, -0.1) is 13.2 Å². The number of aryl methyl sites for hydroxylation is 1. The number of carbonyl (C=O) groups excluding carboxylic acids is 1. The average Bonchev–Trinajstić information content (AvgIpc) is 2.81. The Morgan fingerprint density at radius 3 is 2.46 bits per heavy atom. The zero-order valence-electron chi connectivity index (χ0n) is 21.1. The Morgan fingerprint density at radius 1 is 1.22 bits per heavy atom. The second-order valence-corrected chi connectivity index (χ2v) is 11.4. The smallest absolute Gasteiger partial charge is 0.484 e. The predicted octanol–water partition coefficient (Wildman–Crippen LogP) is 3.35.